The predicted molar refractivity (Wildman–Crippen MR) is 125 cm³/mol. The zero-order valence-corrected chi connectivity index (χ0v) is 17.7. The standard InChI is InChI=1S/C25H22N2O2S/c1-16-7-9-18(10-8-16)15-22-21-5-3-4-6-23(21)30-24(22)25(29)27-20-13-11-19(12-14-20)26-17(2)28/h3-14H,15H2,1-2H3,(H,26,28)(H,27,29). The highest BCUT2D eigenvalue weighted by Crippen LogP contribution is 2.33. The van der Waals surface area contributed by atoms with Gasteiger partial charge >= 0.3 is 0 Å². The molecule has 150 valence electrons. The molecule has 4 aromatic rings. The van der Waals surface area contributed by atoms with E-state index in [9.17, 15) is 9.59 Å². The van der Waals surface area contributed by atoms with Crippen LogP contribution in [0, 0.1) is 6.92 Å². The summed E-state index contributed by atoms with van der Waals surface area (Å²) in [6, 6.07) is 23.7. The lowest BCUT2D eigenvalue weighted by Crippen LogP contribution is -2.12. The molecule has 0 aliphatic heterocycles. The van der Waals surface area contributed by atoms with Gasteiger partial charge in [-0.05, 0) is 60.2 Å². The zero-order valence-electron chi connectivity index (χ0n) is 16.9. The number of benzene rings is 3. The Morgan fingerprint density at radius 1 is 0.833 bits per heavy atom. The molecule has 2 N–H and O–H groups in total. The predicted octanol–water partition coefficient (Wildman–Crippen LogP) is 6.01. The molecule has 0 unspecified atom stereocenters. The van der Waals surface area contributed by atoms with E-state index in [4.69, 9.17) is 0 Å². The number of thiophene rings is 1. The molecular formula is C25H22N2O2S. The molecule has 2 amide bonds. The maximum absolute atomic E-state index is 13.1. The number of fused-ring (bicyclic) bond motifs is 1. The zero-order chi connectivity index (χ0) is 21.1. The van der Waals surface area contributed by atoms with E-state index in [1.165, 1.54) is 29.4 Å². The molecule has 0 saturated carbocycles. The molecule has 0 fully saturated rings. The second-order valence-electron chi connectivity index (χ2n) is 7.28. The van der Waals surface area contributed by atoms with E-state index in [2.05, 4.69) is 54.0 Å². The molecule has 30 heavy (non-hydrogen) atoms. The van der Waals surface area contributed by atoms with E-state index in [0.29, 0.717) is 17.8 Å². The summed E-state index contributed by atoms with van der Waals surface area (Å²) >= 11 is 1.52. The first kappa shape index (κ1) is 19.9. The van der Waals surface area contributed by atoms with Crippen molar-refractivity contribution in [3.8, 4) is 0 Å². The van der Waals surface area contributed by atoms with Crippen LogP contribution in [-0.2, 0) is 11.2 Å². The molecule has 0 aliphatic rings. The van der Waals surface area contributed by atoms with Crippen molar-refractivity contribution >= 4 is 44.6 Å². The highest BCUT2D eigenvalue weighted by atomic mass is 32.1. The normalized spacial score (nSPS) is 10.7. The van der Waals surface area contributed by atoms with Crippen LogP contribution in [0.2, 0.25) is 0 Å². The average molecular weight is 415 g/mol. The molecule has 5 heteroatoms. The Bertz CT molecular complexity index is 1210. The molecule has 1 heterocycles. The van der Waals surface area contributed by atoms with Gasteiger partial charge in [0.25, 0.3) is 5.91 Å². The second kappa shape index (κ2) is 8.51. The third kappa shape index (κ3) is 4.42. The first-order valence-electron chi connectivity index (χ1n) is 9.74. The van der Waals surface area contributed by atoms with Gasteiger partial charge in [-0.15, -0.1) is 11.3 Å². The highest BCUT2D eigenvalue weighted by Gasteiger charge is 2.19. The number of rotatable bonds is 5. The lowest BCUT2D eigenvalue weighted by Gasteiger charge is -2.08. The SMILES string of the molecule is CC(=O)Nc1ccc(NC(=O)c2sc3ccccc3c2Cc2ccc(C)cc2)cc1. The van der Waals surface area contributed by atoms with Crippen molar-refractivity contribution in [2.24, 2.45) is 0 Å². The lowest BCUT2D eigenvalue weighted by molar-refractivity contribution is -0.114. The monoisotopic (exact) mass is 414 g/mol. The molecule has 0 atom stereocenters. The van der Waals surface area contributed by atoms with Gasteiger partial charge in [0.1, 0.15) is 0 Å². The van der Waals surface area contributed by atoms with Crippen molar-refractivity contribution in [1.29, 1.82) is 0 Å². The summed E-state index contributed by atoms with van der Waals surface area (Å²) in [5.41, 5.74) is 4.83. The first-order chi connectivity index (χ1) is 14.5. The number of hydrogen-bond acceptors (Lipinski definition) is 3. The summed E-state index contributed by atoms with van der Waals surface area (Å²) < 4.78 is 1.10. The molecule has 0 spiro atoms. The number of aryl methyl sites for hydroxylation is 1. The van der Waals surface area contributed by atoms with Crippen molar-refractivity contribution < 1.29 is 9.59 Å². The molecule has 4 rings (SSSR count). The van der Waals surface area contributed by atoms with E-state index in [1.54, 1.807) is 24.3 Å². The van der Waals surface area contributed by atoms with Crippen LogP contribution >= 0.6 is 11.3 Å². The molecule has 0 radical (unpaired) electrons. The van der Waals surface area contributed by atoms with Gasteiger partial charge in [-0.1, -0.05) is 48.0 Å². The van der Waals surface area contributed by atoms with Crippen molar-refractivity contribution in [3.05, 3.63) is 94.4 Å². The van der Waals surface area contributed by atoms with E-state index in [1.807, 2.05) is 12.1 Å². The summed E-state index contributed by atoms with van der Waals surface area (Å²) in [6.45, 7) is 3.53. The van der Waals surface area contributed by atoms with Crippen LogP contribution in [0.4, 0.5) is 11.4 Å². The van der Waals surface area contributed by atoms with Gasteiger partial charge in [0, 0.05) is 23.0 Å². The quantitative estimate of drug-likeness (QED) is 0.420. The van der Waals surface area contributed by atoms with Gasteiger partial charge in [-0.25, -0.2) is 0 Å². The summed E-state index contributed by atoms with van der Waals surface area (Å²) in [7, 11) is 0. The Kier molecular flexibility index (Phi) is 5.63. The molecule has 4 nitrogen and oxygen atoms in total. The van der Waals surface area contributed by atoms with Gasteiger partial charge in [0.05, 0.1) is 4.88 Å². The van der Waals surface area contributed by atoms with Crippen molar-refractivity contribution in [2.75, 3.05) is 10.6 Å². The Labute approximate surface area is 179 Å². The van der Waals surface area contributed by atoms with Gasteiger partial charge in [-0.2, -0.15) is 0 Å². The Morgan fingerprint density at radius 3 is 2.13 bits per heavy atom. The number of carbonyl (C=O) groups excluding carboxylic acids is 2. The number of hydrogen-bond donors (Lipinski definition) is 2. The molecular weight excluding hydrogens is 392 g/mol. The Balaban J connectivity index is 1.63. The molecule has 3 aromatic carbocycles. The van der Waals surface area contributed by atoms with Crippen LogP contribution in [0.15, 0.2) is 72.8 Å². The highest BCUT2D eigenvalue weighted by molar-refractivity contribution is 7.21. The largest absolute Gasteiger partial charge is 0.326 e. The third-order valence-corrected chi connectivity index (χ3v) is 6.08. The number of carbonyl (C=O) groups is 2. The Morgan fingerprint density at radius 2 is 1.47 bits per heavy atom. The molecule has 0 saturated heterocycles. The average Bonchev–Trinajstić information content (AvgIpc) is 3.09. The van der Waals surface area contributed by atoms with E-state index in [0.717, 1.165) is 20.5 Å². The summed E-state index contributed by atoms with van der Waals surface area (Å²) in [4.78, 5) is 25.0. The summed E-state index contributed by atoms with van der Waals surface area (Å²) in [5, 5.41) is 6.84. The lowest BCUT2D eigenvalue weighted by atomic mass is 10.0. The number of anilines is 2. The summed E-state index contributed by atoms with van der Waals surface area (Å²) in [6.07, 6.45) is 0.703. The van der Waals surface area contributed by atoms with Gasteiger partial charge < -0.3 is 10.6 Å². The number of nitrogens with one attached hydrogen (secondary N) is 2. The van der Waals surface area contributed by atoms with Gasteiger partial charge in [-0.3, -0.25) is 9.59 Å². The minimum atomic E-state index is -0.127. The Hall–Kier alpha value is -3.44. The maximum atomic E-state index is 13.1. The molecule has 0 aliphatic carbocycles. The number of amides is 2. The smallest absolute Gasteiger partial charge is 0.266 e. The molecule has 0 bridgehead atoms. The van der Waals surface area contributed by atoms with Crippen LogP contribution in [0.3, 0.4) is 0 Å². The van der Waals surface area contributed by atoms with Gasteiger partial charge in [0.2, 0.25) is 5.91 Å². The minimum absolute atomic E-state index is 0.120. The van der Waals surface area contributed by atoms with Crippen LogP contribution in [0.25, 0.3) is 10.1 Å². The van der Waals surface area contributed by atoms with E-state index >= 15 is 0 Å². The topological polar surface area (TPSA) is 58.2 Å². The van der Waals surface area contributed by atoms with Crippen molar-refractivity contribution in [1.82, 2.24) is 0 Å². The van der Waals surface area contributed by atoms with Crippen LogP contribution in [0.1, 0.15) is 33.3 Å². The van der Waals surface area contributed by atoms with Crippen LogP contribution in [0.5, 0.6) is 0 Å². The van der Waals surface area contributed by atoms with Crippen LogP contribution < -0.4 is 10.6 Å². The van der Waals surface area contributed by atoms with Crippen molar-refractivity contribution in [2.45, 2.75) is 20.3 Å². The maximum Gasteiger partial charge on any atom is 0.266 e. The third-order valence-electron chi connectivity index (χ3n) is 4.87. The fourth-order valence-corrected chi connectivity index (χ4v) is 4.51. The summed E-state index contributed by atoms with van der Waals surface area (Å²) in [5.74, 6) is -0.247. The second-order valence-corrected chi connectivity index (χ2v) is 8.33. The fraction of sp³-hybridized carbons (Fsp3) is 0.120. The van der Waals surface area contributed by atoms with Crippen molar-refractivity contribution in [3.63, 3.8) is 0 Å². The van der Waals surface area contributed by atoms with E-state index < -0.39 is 0 Å². The fourth-order valence-electron chi connectivity index (χ4n) is 3.40. The van der Waals surface area contributed by atoms with Gasteiger partial charge in [0.15, 0.2) is 0 Å². The van der Waals surface area contributed by atoms with E-state index in [-0.39, 0.29) is 11.8 Å². The molecule has 1 aromatic heterocycles. The first-order valence-corrected chi connectivity index (χ1v) is 10.6. The minimum Gasteiger partial charge on any atom is -0.326 e. The van der Waals surface area contributed by atoms with Crippen LogP contribution in [-0.4, -0.2) is 11.8 Å².